The number of nitrogens with zero attached hydrogens (tertiary/aromatic N) is 1. The van der Waals surface area contributed by atoms with Gasteiger partial charge < -0.3 is 16.0 Å². The highest BCUT2D eigenvalue weighted by Crippen LogP contribution is 2.18. The molecule has 0 unspecified atom stereocenters. The van der Waals surface area contributed by atoms with Gasteiger partial charge in [-0.15, -0.1) is 0 Å². The summed E-state index contributed by atoms with van der Waals surface area (Å²) in [5.41, 5.74) is 5.35. The van der Waals surface area contributed by atoms with Crippen LogP contribution in [0.1, 0.15) is 33.1 Å². The van der Waals surface area contributed by atoms with Crippen molar-refractivity contribution in [3.63, 3.8) is 0 Å². The van der Waals surface area contributed by atoms with Crippen LogP contribution in [0, 0.1) is 5.92 Å². The molecule has 0 aliphatic carbocycles. The van der Waals surface area contributed by atoms with Crippen molar-refractivity contribution in [3.8, 4) is 0 Å². The Bertz CT molecular complexity index is 109. The lowest BCUT2D eigenvalue weighted by molar-refractivity contribution is 0.212. The Balaban J connectivity index is 0.000000791. The molecule has 3 N–H and O–H groups in total. The number of hydrogen-bond acceptors (Lipinski definition) is 3. The smallest absolute Gasteiger partial charge is 0.0428 e. The predicted octanol–water partition coefficient (Wildman–Crippen LogP) is 1.25. The van der Waals surface area contributed by atoms with E-state index in [-0.39, 0.29) is 0 Å². The molecule has 86 valence electrons. The molecule has 0 aromatic heterocycles. The minimum atomic E-state index is 0.618. The van der Waals surface area contributed by atoms with E-state index in [0.717, 1.165) is 12.5 Å². The summed E-state index contributed by atoms with van der Waals surface area (Å²) in [5, 5.41) is 3.17. The average Bonchev–Trinajstić information content (AvgIpc) is 2.24. The molecule has 0 atom stereocenters. The standard InChI is InChI=1S/C9H21N3.C2H6/c1-12-6-3-9(4-7-12)2-5-11-8-10;1-2/h9,11H,2-8,10H2,1H3;1-2H3. The molecular weight excluding hydrogens is 174 g/mol. The second-order valence-electron chi connectivity index (χ2n) is 3.74. The van der Waals surface area contributed by atoms with Crippen molar-refractivity contribution in [3.05, 3.63) is 0 Å². The van der Waals surface area contributed by atoms with Gasteiger partial charge in [-0.05, 0) is 51.9 Å². The Labute approximate surface area is 89.0 Å². The van der Waals surface area contributed by atoms with Gasteiger partial charge in [0.05, 0.1) is 0 Å². The topological polar surface area (TPSA) is 41.3 Å². The predicted molar refractivity (Wildman–Crippen MR) is 63.2 cm³/mol. The van der Waals surface area contributed by atoms with Crippen molar-refractivity contribution in [1.29, 1.82) is 0 Å². The number of piperidine rings is 1. The Morgan fingerprint density at radius 3 is 2.36 bits per heavy atom. The summed E-state index contributed by atoms with van der Waals surface area (Å²) in [6, 6.07) is 0. The lowest BCUT2D eigenvalue weighted by Crippen LogP contribution is -2.32. The zero-order chi connectivity index (χ0) is 10.8. The van der Waals surface area contributed by atoms with Crippen molar-refractivity contribution in [2.24, 2.45) is 11.7 Å². The summed E-state index contributed by atoms with van der Waals surface area (Å²) in [6.07, 6.45) is 4.02. The maximum Gasteiger partial charge on any atom is 0.0428 e. The van der Waals surface area contributed by atoms with Gasteiger partial charge in [0, 0.05) is 6.67 Å². The molecule has 3 heteroatoms. The van der Waals surface area contributed by atoms with E-state index in [9.17, 15) is 0 Å². The molecule has 1 aliphatic rings. The van der Waals surface area contributed by atoms with Crippen LogP contribution in [0.3, 0.4) is 0 Å². The largest absolute Gasteiger partial charge is 0.318 e. The minimum Gasteiger partial charge on any atom is -0.318 e. The summed E-state index contributed by atoms with van der Waals surface area (Å²) in [5.74, 6) is 0.931. The first-order valence-corrected chi connectivity index (χ1v) is 5.92. The van der Waals surface area contributed by atoms with Crippen molar-refractivity contribution in [2.75, 3.05) is 33.4 Å². The minimum absolute atomic E-state index is 0.618. The monoisotopic (exact) mass is 201 g/mol. The molecule has 0 bridgehead atoms. The van der Waals surface area contributed by atoms with Gasteiger partial charge in [-0.1, -0.05) is 13.8 Å². The van der Waals surface area contributed by atoms with Gasteiger partial charge >= 0.3 is 0 Å². The fraction of sp³-hybridized carbons (Fsp3) is 1.00. The third kappa shape index (κ3) is 6.35. The van der Waals surface area contributed by atoms with Crippen LogP contribution in [0.4, 0.5) is 0 Å². The average molecular weight is 201 g/mol. The molecule has 0 aromatic rings. The molecule has 1 rings (SSSR count). The summed E-state index contributed by atoms with van der Waals surface area (Å²) in [4.78, 5) is 2.41. The molecule has 1 heterocycles. The zero-order valence-corrected chi connectivity index (χ0v) is 10.1. The summed E-state index contributed by atoms with van der Waals surface area (Å²) >= 11 is 0. The molecule has 1 aliphatic heterocycles. The molecule has 3 nitrogen and oxygen atoms in total. The van der Waals surface area contributed by atoms with Gasteiger partial charge in [-0.25, -0.2) is 0 Å². The van der Waals surface area contributed by atoms with Crippen LogP contribution in [0.5, 0.6) is 0 Å². The van der Waals surface area contributed by atoms with Crippen LogP contribution >= 0.6 is 0 Å². The fourth-order valence-corrected chi connectivity index (χ4v) is 1.76. The molecule has 1 saturated heterocycles. The van der Waals surface area contributed by atoms with E-state index in [1.807, 2.05) is 13.8 Å². The highest BCUT2D eigenvalue weighted by atomic mass is 15.1. The van der Waals surface area contributed by atoms with Gasteiger partial charge in [0.25, 0.3) is 0 Å². The van der Waals surface area contributed by atoms with Crippen molar-refractivity contribution < 1.29 is 0 Å². The van der Waals surface area contributed by atoms with Crippen LogP contribution in [0.2, 0.25) is 0 Å². The van der Waals surface area contributed by atoms with Gasteiger partial charge in [0.2, 0.25) is 0 Å². The van der Waals surface area contributed by atoms with Crippen LogP contribution < -0.4 is 11.1 Å². The Kier molecular flexibility index (Phi) is 9.35. The van der Waals surface area contributed by atoms with Gasteiger partial charge in [0.1, 0.15) is 0 Å². The van der Waals surface area contributed by atoms with E-state index in [1.54, 1.807) is 0 Å². The van der Waals surface area contributed by atoms with Gasteiger partial charge in [-0.2, -0.15) is 0 Å². The molecule has 0 aromatic carbocycles. The molecular formula is C11H27N3. The number of nitrogens with one attached hydrogen (secondary N) is 1. The number of likely N-dealkylation sites (tertiary alicyclic amines) is 1. The molecule has 0 radical (unpaired) electrons. The third-order valence-electron chi connectivity index (χ3n) is 2.71. The van der Waals surface area contributed by atoms with Crippen molar-refractivity contribution >= 4 is 0 Å². The van der Waals surface area contributed by atoms with E-state index in [4.69, 9.17) is 5.73 Å². The van der Waals surface area contributed by atoms with Crippen molar-refractivity contribution in [1.82, 2.24) is 10.2 Å². The lowest BCUT2D eigenvalue weighted by Gasteiger charge is -2.28. The molecule has 14 heavy (non-hydrogen) atoms. The third-order valence-corrected chi connectivity index (χ3v) is 2.71. The second-order valence-corrected chi connectivity index (χ2v) is 3.74. The van der Waals surface area contributed by atoms with E-state index < -0.39 is 0 Å². The second kappa shape index (κ2) is 9.44. The van der Waals surface area contributed by atoms with Crippen molar-refractivity contribution in [2.45, 2.75) is 33.1 Å². The van der Waals surface area contributed by atoms with E-state index in [1.165, 1.54) is 32.4 Å². The lowest BCUT2D eigenvalue weighted by atomic mass is 9.94. The van der Waals surface area contributed by atoms with Crippen LogP contribution in [0.25, 0.3) is 0 Å². The number of hydrogen-bond donors (Lipinski definition) is 2. The Morgan fingerprint density at radius 2 is 1.86 bits per heavy atom. The summed E-state index contributed by atoms with van der Waals surface area (Å²) in [6.45, 7) is 8.25. The summed E-state index contributed by atoms with van der Waals surface area (Å²) < 4.78 is 0. The van der Waals surface area contributed by atoms with Gasteiger partial charge in [0.15, 0.2) is 0 Å². The maximum absolute atomic E-state index is 5.35. The highest BCUT2D eigenvalue weighted by molar-refractivity contribution is 4.70. The Hall–Kier alpha value is -0.120. The summed E-state index contributed by atoms with van der Waals surface area (Å²) in [7, 11) is 2.20. The highest BCUT2D eigenvalue weighted by Gasteiger charge is 2.15. The fourth-order valence-electron chi connectivity index (χ4n) is 1.76. The van der Waals surface area contributed by atoms with E-state index in [0.29, 0.717) is 6.67 Å². The first-order chi connectivity index (χ1) is 6.83. The van der Waals surface area contributed by atoms with Crippen LogP contribution in [-0.2, 0) is 0 Å². The first kappa shape index (κ1) is 13.9. The number of rotatable bonds is 4. The van der Waals surface area contributed by atoms with E-state index in [2.05, 4.69) is 17.3 Å². The van der Waals surface area contributed by atoms with Gasteiger partial charge in [-0.3, -0.25) is 0 Å². The SMILES string of the molecule is CC.CN1CCC(CCNCN)CC1. The zero-order valence-electron chi connectivity index (χ0n) is 10.1. The molecule has 0 spiro atoms. The maximum atomic E-state index is 5.35. The van der Waals surface area contributed by atoms with Crippen LogP contribution in [0.15, 0.2) is 0 Å². The first-order valence-electron chi connectivity index (χ1n) is 5.92. The van der Waals surface area contributed by atoms with E-state index >= 15 is 0 Å². The molecule has 0 amide bonds. The number of nitrogens with two attached hydrogens (primary N) is 1. The Morgan fingerprint density at radius 1 is 1.29 bits per heavy atom. The normalized spacial score (nSPS) is 18.9. The molecule has 0 saturated carbocycles. The van der Waals surface area contributed by atoms with Crippen LogP contribution in [-0.4, -0.2) is 38.3 Å². The quantitative estimate of drug-likeness (QED) is 0.531. The molecule has 1 fully saturated rings.